The van der Waals surface area contributed by atoms with Crippen molar-refractivity contribution in [2.24, 2.45) is 4.99 Å². The van der Waals surface area contributed by atoms with Crippen LogP contribution in [-0.2, 0) is 9.53 Å². The summed E-state index contributed by atoms with van der Waals surface area (Å²) in [6, 6.07) is 9.86. The number of ether oxygens (including phenoxy) is 3. The van der Waals surface area contributed by atoms with Crippen LogP contribution in [0.5, 0.6) is 11.5 Å². The largest absolute Gasteiger partial charge is 0.490 e. The van der Waals surface area contributed by atoms with Gasteiger partial charge in [-0.3, -0.25) is 10.1 Å². The number of rotatable bonds is 7. The molecule has 0 atom stereocenters. The first-order valence-electron chi connectivity index (χ1n) is 9.50. The summed E-state index contributed by atoms with van der Waals surface area (Å²) < 4.78 is 16.7. The minimum atomic E-state index is -0.628. The van der Waals surface area contributed by atoms with Crippen LogP contribution in [-0.4, -0.2) is 29.5 Å². The van der Waals surface area contributed by atoms with E-state index in [4.69, 9.17) is 14.2 Å². The summed E-state index contributed by atoms with van der Waals surface area (Å²) in [5, 5.41) is 11.2. The third-order valence-electron chi connectivity index (χ3n) is 4.29. The molecule has 3 rings (SSSR count). The van der Waals surface area contributed by atoms with Gasteiger partial charge in [-0.15, -0.1) is 0 Å². The SMILES string of the molecule is CCOc1cc(/C=C2\N=C(c3cccc([N+](=O)[O-])c3C)OC2=O)ccc1OC(C)C. The standard InChI is InChI=1S/C22H22N2O6/c1-5-28-20-12-15(9-10-19(20)29-13(2)3)11-17-22(25)30-21(23-17)16-7-6-8-18(14(16)4)24(26)27/h6-13H,5H2,1-4H3/b17-11-. The van der Waals surface area contributed by atoms with Crippen LogP contribution in [0.1, 0.15) is 37.5 Å². The van der Waals surface area contributed by atoms with Crippen LogP contribution in [0.25, 0.3) is 6.08 Å². The van der Waals surface area contributed by atoms with Gasteiger partial charge < -0.3 is 14.2 Å². The minimum Gasteiger partial charge on any atom is -0.490 e. The zero-order valence-electron chi connectivity index (χ0n) is 17.2. The lowest BCUT2D eigenvalue weighted by molar-refractivity contribution is -0.385. The van der Waals surface area contributed by atoms with E-state index in [1.165, 1.54) is 12.1 Å². The molecule has 30 heavy (non-hydrogen) atoms. The lowest BCUT2D eigenvalue weighted by Crippen LogP contribution is -2.08. The zero-order chi connectivity index (χ0) is 21.8. The van der Waals surface area contributed by atoms with Gasteiger partial charge in [-0.1, -0.05) is 12.1 Å². The highest BCUT2D eigenvalue weighted by Gasteiger charge is 2.27. The predicted molar refractivity (Wildman–Crippen MR) is 112 cm³/mol. The van der Waals surface area contributed by atoms with E-state index in [1.807, 2.05) is 20.8 Å². The van der Waals surface area contributed by atoms with Gasteiger partial charge in [0.15, 0.2) is 17.2 Å². The zero-order valence-corrected chi connectivity index (χ0v) is 17.2. The van der Waals surface area contributed by atoms with Crippen molar-refractivity contribution in [1.29, 1.82) is 0 Å². The maximum absolute atomic E-state index is 12.3. The topological polar surface area (TPSA) is 100 Å². The number of benzene rings is 2. The highest BCUT2D eigenvalue weighted by atomic mass is 16.6. The molecule has 0 aromatic heterocycles. The second-order valence-electron chi connectivity index (χ2n) is 6.85. The normalized spacial score (nSPS) is 14.6. The van der Waals surface area contributed by atoms with E-state index in [-0.39, 0.29) is 23.4 Å². The van der Waals surface area contributed by atoms with Gasteiger partial charge in [-0.25, -0.2) is 9.79 Å². The van der Waals surface area contributed by atoms with Gasteiger partial charge in [0, 0.05) is 17.2 Å². The molecule has 0 saturated heterocycles. The Morgan fingerprint density at radius 1 is 1.23 bits per heavy atom. The van der Waals surface area contributed by atoms with Gasteiger partial charge in [0.05, 0.1) is 17.6 Å². The smallest absolute Gasteiger partial charge is 0.363 e. The summed E-state index contributed by atoms with van der Waals surface area (Å²) in [4.78, 5) is 27.3. The first-order valence-corrected chi connectivity index (χ1v) is 9.50. The summed E-state index contributed by atoms with van der Waals surface area (Å²) >= 11 is 0. The molecule has 8 nitrogen and oxygen atoms in total. The van der Waals surface area contributed by atoms with Crippen LogP contribution in [0.15, 0.2) is 47.1 Å². The molecule has 0 spiro atoms. The van der Waals surface area contributed by atoms with E-state index < -0.39 is 10.9 Å². The maximum Gasteiger partial charge on any atom is 0.363 e. The number of nitro groups is 1. The fourth-order valence-corrected chi connectivity index (χ4v) is 2.97. The van der Waals surface area contributed by atoms with Crippen molar-refractivity contribution in [2.75, 3.05) is 6.61 Å². The van der Waals surface area contributed by atoms with Crippen molar-refractivity contribution in [3.05, 3.63) is 68.9 Å². The molecule has 156 valence electrons. The Morgan fingerprint density at radius 3 is 2.67 bits per heavy atom. The Balaban J connectivity index is 1.96. The lowest BCUT2D eigenvalue weighted by atomic mass is 10.1. The third-order valence-corrected chi connectivity index (χ3v) is 4.29. The van der Waals surface area contributed by atoms with Crippen LogP contribution in [0.2, 0.25) is 0 Å². The number of nitro benzene ring substituents is 1. The number of cyclic esters (lactones) is 1. The summed E-state index contributed by atoms with van der Waals surface area (Å²) in [5.74, 6) is 0.582. The number of carbonyl (C=O) groups excluding carboxylic acids is 1. The first-order chi connectivity index (χ1) is 14.3. The predicted octanol–water partition coefficient (Wildman–Crippen LogP) is 4.43. The van der Waals surface area contributed by atoms with Gasteiger partial charge in [0.1, 0.15) is 0 Å². The molecule has 8 heteroatoms. The number of esters is 1. The summed E-state index contributed by atoms with van der Waals surface area (Å²) in [6.45, 7) is 7.77. The molecule has 2 aromatic carbocycles. The third kappa shape index (κ3) is 4.48. The molecule has 1 aliphatic rings. The quantitative estimate of drug-likeness (QED) is 0.290. The van der Waals surface area contributed by atoms with E-state index in [9.17, 15) is 14.9 Å². The molecule has 0 aliphatic carbocycles. The molecule has 0 saturated carbocycles. The average Bonchev–Trinajstić information content (AvgIpc) is 3.04. The Kier molecular flexibility index (Phi) is 6.15. The molecule has 0 fully saturated rings. The summed E-state index contributed by atoms with van der Waals surface area (Å²) in [7, 11) is 0. The van der Waals surface area contributed by atoms with Gasteiger partial charge in [0.2, 0.25) is 5.90 Å². The van der Waals surface area contributed by atoms with Gasteiger partial charge in [-0.05, 0) is 57.5 Å². The second kappa shape index (κ2) is 8.77. The number of carbonyl (C=O) groups is 1. The second-order valence-corrected chi connectivity index (χ2v) is 6.85. The van der Waals surface area contributed by atoms with Crippen molar-refractivity contribution < 1.29 is 23.9 Å². The van der Waals surface area contributed by atoms with Crippen LogP contribution >= 0.6 is 0 Å². The minimum absolute atomic E-state index is 0.0106. The van der Waals surface area contributed by atoms with Gasteiger partial charge >= 0.3 is 5.97 Å². The van der Waals surface area contributed by atoms with E-state index in [2.05, 4.69) is 4.99 Å². The van der Waals surface area contributed by atoms with E-state index >= 15 is 0 Å². The molecule has 0 unspecified atom stereocenters. The fourth-order valence-electron chi connectivity index (χ4n) is 2.97. The molecular formula is C22H22N2O6. The number of aliphatic imine (C=N–C) groups is 1. The number of hydrogen-bond acceptors (Lipinski definition) is 7. The van der Waals surface area contributed by atoms with Crippen LogP contribution in [0.3, 0.4) is 0 Å². The van der Waals surface area contributed by atoms with Crippen molar-refractivity contribution in [3.8, 4) is 11.5 Å². The molecule has 0 amide bonds. The van der Waals surface area contributed by atoms with E-state index in [0.29, 0.717) is 34.8 Å². The van der Waals surface area contributed by atoms with Crippen molar-refractivity contribution >= 4 is 23.6 Å². The number of hydrogen-bond donors (Lipinski definition) is 0. The van der Waals surface area contributed by atoms with Gasteiger partial charge in [-0.2, -0.15) is 0 Å². The fraction of sp³-hybridized carbons (Fsp3) is 0.273. The highest BCUT2D eigenvalue weighted by molar-refractivity contribution is 6.13. The Hall–Kier alpha value is -3.68. The first kappa shape index (κ1) is 21.0. The Bertz CT molecular complexity index is 1060. The molecule has 0 bridgehead atoms. The Morgan fingerprint density at radius 2 is 2.00 bits per heavy atom. The Labute approximate surface area is 173 Å². The molecular weight excluding hydrogens is 388 g/mol. The maximum atomic E-state index is 12.3. The van der Waals surface area contributed by atoms with Crippen LogP contribution < -0.4 is 9.47 Å². The highest BCUT2D eigenvalue weighted by Crippen LogP contribution is 2.31. The molecule has 1 heterocycles. The number of nitrogens with zero attached hydrogens (tertiary/aromatic N) is 2. The molecule has 0 N–H and O–H groups in total. The molecule has 1 aliphatic heterocycles. The molecule has 0 radical (unpaired) electrons. The lowest BCUT2D eigenvalue weighted by Gasteiger charge is -2.14. The van der Waals surface area contributed by atoms with Crippen molar-refractivity contribution in [3.63, 3.8) is 0 Å². The van der Waals surface area contributed by atoms with Crippen molar-refractivity contribution in [2.45, 2.75) is 33.8 Å². The van der Waals surface area contributed by atoms with Crippen molar-refractivity contribution in [1.82, 2.24) is 0 Å². The molecule has 2 aromatic rings. The monoisotopic (exact) mass is 410 g/mol. The van der Waals surface area contributed by atoms with Gasteiger partial charge in [0.25, 0.3) is 5.69 Å². The van der Waals surface area contributed by atoms with E-state index in [0.717, 1.165) is 0 Å². The average molecular weight is 410 g/mol. The van der Waals surface area contributed by atoms with Crippen LogP contribution in [0.4, 0.5) is 5.69 Å². The summed E-state index contributed by atoms with van der Waals surface area (Å²) in [6.07, 6.45) is 1.56. The summed E-state index contributed by atoms with van der Waals surface area (Å²) in [5.41, 5.74) is 1.49. The van der Waals surface area contributed by atoms with Crippen LogP contribution in [0, 0.1) is 17.0 Å². The van der Waals surface area contributed by atoms with E-state index in [1.54, 1.807) is 37.3 Å².